The maximum Gasteiger partial charge on any atom is 0.164 e. The van der Waals surface area contributed by atoms with E-state index in [1.165, 1.54) is 0 Å². The Morgan fingerprint density at radius 2 is 2.21 bits per heavy atom. The summed E-state index contributed by atoms with van der Waals surface area (Å²) < 4.78 is 7.31. The molecule has 2 rings (SSSR count). The summed E-state index contributed by atoms with van der Waals surface area (Å²) in [6, 6.07) is 0. The van der Waals surface area contributed by atoms with E-state index < -0.39 is 0 Å². The van der Waals surface area contributed by atoms with E-state index in [0.29, 0.717) is 5.02 Å². The van der Waals surface area contributed by atoms with Gasteiger partial charge >= 0.3 is 0 Å². The average molecular weight is 286 g/mol. The van der Waals surface area contributed by atoms with Crippen molar-refractivity contribution in [2.45, 2.75) is 32.3 Å². The number of halogens is 1. The van der Waals surface area contributed by atoms with Crippen molar-refractivity contribution in [2.75, 3.05) is 19.7 Å². The van der Waals surface area contributed by atoms with Crippen LogP contribution in [-0.2, 0) is 23.0 Å². The molecule has 0 aliphatic carbocycles. The fraction of sp³-hybridized carbons (Fsp3) is 0.692. The highest BCUT2D eigenvalue weighted by molar-refractivity contribution is 6.32. The lowest BCUT2D eigenvalue weighted by Gasteiger charge is -2.22. The van der Waals surface area contributed by atoms with Crippen molar-refractivity contribution in [1.29, 1.82) is 0 Å². The zero-order chi connectivity index (χ0) is 13.8. The summed E-state index contributed by atoms with van der Waals surface area (Å²) in [5.74, 6) is 0.0448. The molecule has 2 heterocycles. The molecule has 0 atom stereocenters. The standard InChI is InChI=1S/C13H20ClN3O2/c1-9-13(14)12(17(2)16-9)7-10(18)8-19-11-3-5-15-6-4-11/h11,15H,3-8H2,1-2H3. The van der Waals surface area contributed by atoms with Crippen LogP contribution in [0.5, 0.6) is 0 Å². The van der Waals surface area contributed by atoms with Crippen LogP contribution in [0.3, 0.4) is 0 Å². The number of piperidine rings is 1. The van der Waals surface area contributed by atoms with Crippen molar-refractivity contribution in [2.24, 2.45) is 7.05 Å². The quantitative estimate of drug-likeness (QED) is 0.885. The van der Waals surface area contributed by atoms with Crippen LogP contribution in [0.15, 0.2) is 0 Å². The molecule has 1 fully saturated rings. The molecule has 1 saturated heterocycles. The number of nitrogens with one attached hydrogen (secondary N) is 1. The van der Waals surface area contributed by atoms with Crippen LogP contribution < -0.4 is 5.32 Å². The predicted molar refractivity (Wildman–Crippen MR) is 73.5 cm³/mol. The van der Waals surface area contributed by atoms with Gasteiger partial charge in [-0.2, -0.15) is 5.10 Å². The molecule has 1 aromatic rings. The van der Waals surface area contributed by atoms with Gasteiger partial charge in [0.1, 0.15) is 6.61 Å². The molecule has 19 heavy (non-hydrogen) atoms. The molecule has 0 bridgehead atoms. The number of nitrogens with zero attached hydrogens (tertiary/aromatic N) is 2. The molecule has 6 heteroatoms. The summed E-state index contributed by atoms with van der Waals surface area (Å²) in [6.45, 7) is 3.92. The summed E-state index contributed by atoms with van der Waals surface area (Å²) in [7, 11) is 1.80. The maximum atomic E-state index is 11.9. The Morgan fingerprint density at radius 3 is 2.79 bits per heavy atom. The van der Waals surface area contributed by atoms with Gasteiger partial charge in [0.25, 0.3) is 0 Å². The average Bonchev–Trinajstić information content (AvgIpc) is 2.64. The molecular formula is C13H20ClN3O2. The van der Waals surface area contributed by atoms with Gasteiger partial charge in [-0.1, -0.05) is 11.6 Å². The molecule has 0 saturated carbocycles. The van der Waals surface area contributed by atoms with Gasteiger partial charge in [-0.25, -0.2) is 0 Å². The summed E-state index contributed by atoms with van der Waals surface area (Å²) in [6.07, 6.45) is 2.42. The monoisotopic (exact) mass is 285 g/mol. The Bertz CT molecular complexity index is 453. The molecule has 5 nitrogen and oxygen atoms in total. The molecule has 0 amide bonds. The Labute approximate surface area is 118 Å². The van der Waals surface area contributed by atoms with Gasteiger partial charge in [0, 0.05) is 7.05 Å². The second-order valence-corrected chi connectivity index (χ2v) is 5.32. The molecule has 0 aromatic carbocycles. The number of aryl methyl sites for hydroxylation is 2. The molecule has 1 aliphatic rings. The number of carbonyl (C=O) groups is 1. The van der Waals surface area contributed by atoms with Crippen molar-refractivity contribution in [1.82, 2.24) is 15.1 Å². The molecule has 1 aromatic heterocycles. The van der Waals surface area contributed by atoms with Crippen LogP contribution in [0.1, 0.15) is 24.2 Å². The van der Waals surface area contributed by atoms with Gasteiger partial charge in [-0.05, 0) is 32.9 Å². The summed E-state index contributed by atoms with van der Waals surface area (Å²) in [5.41, 5.74) is 1.52. The van der Waals surface area contributed by atoms with Gasteiger partial charge < -0.3 is 10.1 Å². The van der Waals surface area contributed by atoms with Crippen molar-refractivity contribution < 1.29 is 9.53 Å². The lowest BCUT2D eigenvalue weighted by Crippen LogP contribution is -2.33. The van der Waals surface area contributed by atoms with Gasteiger partial charge in [0.2, 0.25) is 0 Å². The fourth-order valence-corrected chi connectivity index (χ4v) is 2.51. The number of hydrogen-bond acceptors (Lipinski definition) is 4. The molecule has 1 aliphatic heterocycles. The topological polar surface area (TPSA) is 56.2 Å². The van der Waals surface area contributed by atoms with Gasteiger partial charge in [-0.15, -0.1) is 0 Å². The molecule has 0 unspecified atom stereocenters. The Morgan fingerprint density at radius 1 is 1.53 bits per heavy atom. The molecule has 0 spiro atoms. The van der Waals surface area contributed by atoms with Crippen molar-refractivity contribution in [3.05, 3.63) is 16.4 Å². The zero-order valence-electron chi connectivity index (χ0n) is 11.4. The van der Waals surface area contributed by atoms with Gasteiger partial charge in [0.05, 0.1) is 28.9 Å². The second kappa shape index (κ2) is 6.50. The number of hydrogen-bond donors (Lipinski definition) is 1. The first-order chi connectivity index (χ1) is 9.08. The van der Waals surface area contributed by atoms with Gasteiger partial charge in [-0.3, -0.25) is 9.48 Å². The van der Waals surface area contributed by atoms with Gasteiger partial charge in [0.15, 0.2) is 5.78 Å². The number of ether oxygens (including phenoxy) is 1. The highest BCUT2D eigenvalue weighted by Gasteiger charge is 2.18. The first kappa shape index (κ1) is 14.5. The predicted octanol–water partition coefficient (Wildman–Crippen LogP) is 1.26. The maximum absolute atomic E-state index is 11.9. The van der Waals surface area contributed by atoms with Crippen molar-refractivity contribution >= 4 is 17.4 Å². The van der Waals surface area contributed by atoms with Crippen LogP contribution in [0, 0.1) is 6.92 Å². The van der Waals surface area contributed by atoms with Crippen molar-refractivity contribution in [3.63, 3.8) is 0 Å². The Balaban J connectivity index is 1.83. The number of aromatic nitrogens is 2. The largest absolute Gasteiger partial charge is 0.370 e. The summed E-state index contributed by atoms with van der Waals surface area (Å²) >= 11 is 6.12. The zero-order valence-corrected chi connectivity index (χ0v) is 12.2. The number of ketones is 1. The minimum Gasteiger partial charge on any atom is -0.370 e. The lowest BCUT2D eigenvalue weighted by atomic mass is 10.1. The van der Waals surface area contributed by atoms with Crippen LogP contribution >= 0.6 is 11.6 Å². The minimum absolute atomic E-state index is 0.0448. The Kier molecular flexibility index (Phi) is 4.96. The van der Waals surface area contributed by atoms with E-state index in [9.17, 15) is 4.79 Å². The SMILES string of the molecule is Cc1nn(C)c(CC(=O)COC2CCNCC2)c1Cl. The smallest absolute Gasteiger partial charge is 0.164 e. The third-order valence-corrected chi connectivity index (χ3v) is 3.88. The molecule has 106 valence electrons. The minimum atomic E-state index is 0.0448. The van der Waals surface area contributed by atoms with E-state index in [4.69, 9.17) is 16.3 Å². The Hall–Kier alpha value is -0.910. The van der Waals surface area contributed by atoms with Crippen LogP contribution in [0.2, 0.25) is 5.02 Å². The normalized spacial score (nSPS) is 16.8. The lowest BCUT2D eigenvalue weighted by molar-refractivity contribution is -0.125. The highest BCUT2D eigenvalue weighted by atomic mass is 35.5. The van der Waals surface area contributed by atoms with E-state index in [2.05, 4.69) is 10.4 Å². The molecule has 1 N–H and O–H groups in total. The molecule has 0 radical (unpaired) electrons. The number of rotatable bonds is 5. The van der Waals surface area contributed by atoms with E-state index in [1.54, 1.807) is 11.7 Å². The van der Waals surface area contributed by atoms with E-state index in [1.807, 2.05) is 6.92 Å². The third kappa shape index (κ3) is 3.78. The van der Waals surface area contributed by atoms with Crippen molar-refractivity contribution in [3.8, 4) is 0 Å². The first-order valence-electron chi connectivity index (χ1n) is 6.60. The number of Topliss-reactive ketones (excluding diaryl/α,β-unsaturated/α-hetero) is 1. The van der Waals surface area contributed by atoms with E-state index in [-0.39, 0.29) is 24.9 Å². The van der Waals surface area contributed by atoms with E-state index >= 15 is 0 Å². The highest BCUT2D eigenvalue weighted by Crippen LogP contribution is 2.20. The first-order valence-corrected chi connectivity index (χ1v) is 6.97. The third-order valence-electron chi connectivity index (χ3n) is 3.39. The van der Waals surface area contributed by atoms with Crippen LogP contribution in [0.25, 0.3) is 0 Å². The number of carbonyl (C=O) groups excluding carboxylic acids is 1. The van der Waals surface area contributed by atoms with Crippen LogP contribution in [-0.4, -0.2) is 41.4 Å². The summed E-state index contributed by atoms with van der Waals surface area (Å²) in [5, 5.41) is 8.04. The van der Waals surface area contributed by atoms with Crippen LogP contribution in [0.4, 0.5) is 0 Å². The van der Waals surface area contributed by atoms with E-state index in [0.717, 1.165) is 37.3 Å². The summed E-state index contributed by atoms with van der Waals surface area (Å²) in [4.78, 5) is 11.9. The fourth-order valence-electron chi connectivity index (χ4n) is 2.28. The molecular weight excluding hydrogens is 266 g/mol. The second-order valence-electron chi connectivity index (χ2n) is 4.95.